The van der Waals surface area contributed by atoms with E-state index in [0.717, 1.165) is 5.56 Å². The Bertz CT molecular complexity index is 659. The number of hydrogen-bond acceptors (Lipinski definition) is 4. The van der Waals surface area contributed by atoms with E-state index in [4.69, 9.17) is 5.73 Å². The summed E-state index contributed by atoms with van der Waals surface area (Å²) in [6.07, 6.45) is 3.43. The van der Waals surface area contributed by atoms with Crippen LogP contribution in [-0.4, -0.2) is 22.4 Å². The highest BCUT2D eigenvalue weighted by Gasteiger charge is 2.26. The van der Waals surface area contributed by atoms with Crippen LogP contribution in [0.3, 0.4) is 0 Å². The van der Waals surface area contributed by atoms with Crippen molar-refractivity contribution in [3.8, 4) is 0 Å². The first-order valence-corrected chi connectivity index (χ1v) is 5.83. The lowest BCUT2D eigenvalue weighted by atomic mass is 10.2. The van der Waals surface area contributed by atoms with Gasteiger partial charge < -0.3 is 10.6 Å². The first-order chi connectivity index (χ1) is 9.15. The third kappa shape index (κ3) is 2.01. The van der Waals surface area contributed by atoms with Crippen LogP contribution in [0.25, 0.3) is 0 Å². The molecule has 96 valence electrons. The normalized spacial score (nSPS) is 13.4. The molecule has 0 saturated carbocycles. The molecular formula is C13H11FN4O. The second kappa shape index (κ2) is 4.31. The number of nitrogen functional groups attached to an aromatic ring is 1. The number of benzene rings is 1. The smallest absolute Gasteiger partial charge is 0.278 e. The van der Waals surface area contributed by atoms with Gasteiger partial charge in [-0.3, -0.25) is 9.78 Å². The topological polar surface area (TPSA) is 72.1 Å². The molecule has 1 aliphatic heterocycles. The minimum Gasteiger partial charge on any atom is -0.382 e. The quantitative estimate of drug-likeness (QED) is 0.839. The summed E-state index contributed by atoms with van der Waals surface area (Å²) >= 11 is 0. The lowest BCUT2D eigenvalue weighted by molar-refractivity contribution is 0.0984. The first-order valence-electron chi connectivity index (χ1n) is 5.83. The van der Waals surface area contributed by atoms with Crippen molar-refractivity contribution in [1.82, 2.24) is 9.97 Å². The molecule has 2 aromatic rings. The molecule has 2 N–H and O–H groups in total. The minimum atomic E-state index is -0.364. The van der Waals surface area contributed by atoms with Crippen LogP contribution < -0.4 is 10.6 Å². The van der Waals surface area contributed by atoms with Crippen LogP contribution in [0.1, 0.15) is 16.1 Å². The molecule has 0 radical (unpaired) electrons. The molecule has 1 amide bonds. The number of fused-ring (bicyclic) bond motifs is 1. The Morgan fingerprint density at radius 1 is 1.37 bits per heavy atom. The minimum absolute atomic E-state index is 0.164. The average molecular weight is 258 g/mol. The summed E-state index contributed by atoms with van der Waals surface area (Å²) in [6, 6.07) is 4.45. The zero-order valence-electron chi connectivity index (χ0n) is 10.0. The number of aromatic nitrogens is 2. The third-order valence-corrected chi connectivity index (χ3v) is 3.06. The van der Waals surface area contributed by atoms with Gasteiger partial charge in [0.2, 0.25) is 0 Å². The average Bonchev–Trinajstić information content (AvgIpc) is 2.80. The highest BCUT2D eigenvalue weighted by Crippen LogP contribution is 2.29. The first kappa shape index (κ1) is 11.6. The van der Waals surface area contributed by atoms with Gasteiger partial charge in [-0.1, -0.05) is 6.07 Å². The molecule has 0 atom stereocenters. The third-order valence-electron chi connectivity index (χ3n) is 3.06. The molecule has 0 aliphatic carbocycles. The number of hydrogen-bond donors (Lipinski definition) is 1. The Kier molecular flexibility index (Phi) is 2.63. The molecule has 1 aromatic heterocycles. The molecule has 6 heteroatoms. The van der Waals surface area contributed by atoms with Crippen LogP contribution in [0.2, 0.25) is 0 Å². The van der Waals surface area contributed by atoms with Crippen molar-refractivity contribution >= 4 is 17.4 Å². The summed E-state index contributed by atoms with van der Waals surface area (Å²) in [7, 11) is 0. The monoisotopic (exact) mass is 258 g/mol. The number of rotatable bonds is 1. The molecule has 3 rings (SSSR count). The van der Waals surface area contributed by atoms with E-state index in [2.05, 4.69) is 9.97 Å². The molecule has 0 saturated heterocycles. The van der Waals surface area contributed by atoms with Gasteiger partial charge in [0.15, 0.2) is 0 Å². The van der Waals surface area contributed by atoms with E-state index in [1.165, 1.54) is 29.4 Å². The van der Waals surface area contributed by atoms with Crippen molar-refractivity contribution in [2.75, 3.05) is 17.2 Å². The Labute approximate surface area is 108 Å². The van der Waals surface area contributed by atoms with Crippen LogP contribution in [0.4, 0.5) is 15.9 Å². The molecular weight excluding hydrogens is 247 g/mol. The van der Waals surface area contributed by atoms with Gasteiger partial charge in [0.25, 0.3) is 5.91 Å². The van der Waals surface area contributed by atoms with Crippen molar-refractivity contribution in [3.63, 3.8) is 0 Å². The van der Waals surface area contributed by atoms with Crippen molar-refractivity contribution in [2.45, 2.75) is 6.42 Å². The Balaban J connectivity index is 1.97. The van der Waals surface area contributed by atoms with E-state index in [0.29, 0.717) is 18.7 Å². The van der Waals surface area contributed by atoms with Gasteiger partial charge in [-0.2, -0.15) is 0 Å². The summed E-state index contributed by atoms with van der Waals surface area (Å²) in [6.45, 7) is 0.508. The van der Waals surface area contributed by atoms with Gasteiger partial charge in [-0.15, -0.1) is 0 Å². The zero-order valence-corrected chi connectivity index (χ0v) is 10.0. The zero-order chi connectivity index (χ0) is 13.4. The maximum atomic E-state index is 13.3. The van der Waals surface area contributed by atoms with E-state index >= 15 is 0 Å². The van der Waals surface area contributed by atoms with Crippen LogP contribution in [-0.2, 0) is 6.42 Å². The maximum absolute atomic E-state index is 13.3. The number of nitrogens with zero attached hydrogens (tertiary/aromatic N) is 3. The van der Waals surface area contributed by atoms with Gasteiger partial charge in [0.1, 0.15) is 17.3 Å². The van der Waals surface area contributed by atoms with Crippen LogP contribution in [0.15, 0.2) is 30.6 Å². The van der Waals surface area contributed by atoms with Crippen molar-refractivity contribution in [2.24, 2.45) is 0 Å². The van der Waals surface area contributed by atoms with Gasteiger partial charge in [0, 0.05) is 6.54 Å². The predicted molar refractivity (Wildman–Crippen MR) is 68.2 cm³/mol. The predicted octanol–water partition coefficient (Wildman–Crippen LogP) is 1.40. The Hall–Kier alpha value is -2.50. The largest absolute Gasteiger partial charge is 0.382 e. The molecule has 19 heavy (non-hydrogen) atoms. The summed E-state index contributed by atoms with van der Waals surface area (Å²) in [5.41, 5.74) is 7.22. The van der Waals surface area contributed by atoms with E-state index in [-0.39, 0.29) is 23.2 Å². The summed E-state index contributed by atoms with van der Waals surface area (Å²) in [5, 5.41) is 0. The maximum Gasteiger partial charge on any atom is 0.278 e. The van der Waals surface area contributed by atoms with Crippen molar-refractivity contribution in [3.05, 3.63) is 47.7 Å². The number of nitrogens with two attached hydrogens (primary N) is 1. The van der Waals surface area contributed by atoms with Gasteiger partial charge in [-0.25, -0.2) is 9.37 Å². The second-order valence-electron chi connectivity index (χ2n) is 4.31. The lowest BCUT2D eigenvalue weighted by Gasteiger charge is -2.16. The summed E-state index contributed by atoms with van der Waals surface area (Å²) in [5.74, 6) is -0.495. The van der Waals surface area contributed by atoms with Gasteiger partial charge >= 0.3 is 0 Å². The highest BCUT2D eigenvalue weighted by atomic mass is 19.1. The second-order valence-corrected chi connectivity index (χ2v) is 4.31. The summed E-state index contributed by atoms with van der Waals surface area (Å²) in [4.78, 5) is 21.6. The van der Waals surface area contributed by atoms with E-state index in [1.807, 2.05) is 0 Å². The Morgan fingerprint density at radius 3 is 3.00 bits per heavy atom. The molecule has 0 bridgehead atoms. The summed E-state index contributed by atoms with van der Waals surface area (Å²) < 4.78 is 13.3. The molecule has 1 aliphatic rings. The number of anilines is 2. The van der Waals surface area contributed by atoms with E-state index < -0.39 is 0 Å². The number of carbonyl (C=O) groups is 1. The van der Waals surface area contributed by atoms with Crippen LogP contribution in [0, 0.1) is 5.82 Å². The van der Waals surface area contributed by atoms with Gasteiger partial charge in [0.05, 0.1) is 18.1 Å². The molecule has 0 unspecified atom stereocenters. The van der Waals surface area contributed by atoms with Crippen molar-refractivity contribution < 1.29 is 9.18 Å². The van der Waals surface area contributed by atoms with E-state index in [9.17, 15) is 9.18 Å². The van der Waals surface area contributed by atoms with Crippen LogP contribution in [0.5, 0.6) is 0 Å². The van der Waals surface area contributed by atoms with Crippen LogP contribution >= 0.6 is 0 Å². The molecule has 0 fully saturated rings. The van der Waals surface area contributed by atoms with Gasteiger partial charge in [-0.05, 0) is 24.1 Å². The molecule has 1 aromatic carbocycles. The highest BCUT2D eigenvalue weighted by molar-refractivity contribution is 6.06. The van der Waals surface area contributed by atoms with Crippen molar-refractivity contribution in [1.29, 1.82) is 0 Å². The number of halogens is 1. The fourth-order valence-electron chi connectivity index (χ4n) is 2.19. The molecule has 5 nitrogen and oxygen atoms in total. The molecule has 0 spiro atoms. The SMILES string of the molecule is Nc1cncc(C(=O)N2CCc3ccc(F)cc32)n1. The molecule has 2 heterocycles. The Morgan fingerprint density at radius 2 is 2.21 bits per heavy atom. The standard InChI is InChI=1S/C13H11FN4O/c14-9-2-1-8-3-4-18(11(8)5-9)13(19)10-6-16-7-12(15)17-10/h1-2,5-7H,3-4H2,(H2,15,17). The lowest BCUT2D eigenvalue weighted by Crippen LogP contribution is -2.30. The number of carbonyl (C=O) groups excluding carboxylic acids is 1. The fraction of sp³-hybridized carbons (Fsp3) is 0.154. The van der Waals surface area contributed by atoms with E-state index in [1.54, 1.807) is 6.07 Å². The number of amides is 1. The fourth-order valence-corrected chi connectivity index (χ4v) is 2.19.